The lowest BCUT2D eigenvalue weighted by molar-refractivity contribution is 1.63. The molecule has 0 bridgehead atoms. The van der Waals surface area contributed by atoms with Gasteiger partial charge in [-0.3, -0.25) is 0 Å². The van der Waals surface area contributed by atoms with Gasteiger partial charge >= 0.3 is 0 Å². The molecule has 0 aliphatic heterocycles. The van der Waals surface area contributed by atoms with E-state index < -0.39 is 0 Å². The summed E-state index contributed by atoms with van der Waals surface area (Å²) in [7, 11) is 0. The lowest BCUT2D eigenvalue weighted by Crippen LogP contribution is -1.83. The van der Waals surface area contributed by atoms with E-state index in [2.05, 4.69) is 11.4 Å². The van der Waals surface area contributed by atoms with Gasteiger partial charge < -0.3 is 5.32 Å². The van der Waals surface area contributed by atoms with Crippen molar-refractivity contribution in [1.82, 2.24) is 0 Å². The first kappa shape index (κ1) is 8.87. The van der Waals surface area contributed by atoms with Crippen molar-refractivity contribution in [2.45, 2.75) is 0 Å². The van der Waals surface area contributed by atoms with Gasteiger partial charge in [0, 0.05) is 11.7 Å². The second kappa shape index (κ2) is 4.72. The molecule has 2 heteroatoms. The molecule has 0 fully saturated rings. The zero-order chi connectivity index (χ0) is 6.53. The summed E-state index contributed by atoms with van der Waals surface area (Å²) in [6.45, 7) is 0. The monoisotopic (exact) mass is 153 g/mol. The van der Waals surface area contributed by atoms with E-state index in [0.717, 1.165) is 5.69 Å². The number of nitrogens with one attached hydrogen (secondary N) is 1. The van der Waals surface area contributed by atoms with Crippen LogP contribution in [0.2, 0.25) is 0 Å². The van der Waals surface area contributed by atoms with Crippen LogP contribution in [0.3, 0.4) is 0 Å². The highest BCUT2D eigenvalue weighted by Gasteiger charge is 1.80. The first-order chi connectivity index (χ1) is 4.43. The fourth-order valence-corrected chi connectivity index (χ4v) is 0.605. The van der Waals surface area contributed by atoms with E-state index in [4.69, 9.17) is 6.42 Å². The second-order valence-corrected chi connectivity index (χ2v) is 1.64. The Morgan fingerprint density at radius 2 is 1.80 bits per heavy atom. The Balaban J connectivity index is 0.000000810. The highest BCUT2D eigenvalue weighted by molar-refractivity contribution is 5.85. The van der Waals surface area contributed by atoms with E-state index in [-0.39, 0.29) is 12.4 Å². The normalized spacial score (nSPS) is 7.10. The third-order valence-corrected chi connectivity index (χ3v) is 0.990. The number of benzene rings is 1. The van der Waals surface area contributed by atoms with Gasteiger partial charge in [-0.15, -0.1) is 12.4 Å². The fraction of sp³-hybridized carbons (Fsp3) is 0. The molecule has 10 heavy (non-hydrogen) atoms. The largest absolute Gasteiger partial charge is 0.315 e. The van der Waals surface area contributed by atoms with Gasteiger partial charge in [0.15, 0.2) is 0 Å². The van der Waals surface area contributed by atoms with Gasteiger partial charge in [-0.25, -0.2) is 0 Å². The maximum absolute atomic E-state index is 5.00. The Morgan fingerprint density at radius 1 is 1.20 bits per heavy atom. The molecule has 0 atom stereocenters. The first-order valence-corrected chi connectivity index (χ1v) is 2.70. The predicted molar refractivity (Wildman–Crippen MR) is 46.1 cm³/mol. The number of terminal acetylenes is 1. The van der Waals surface area contributed by atoms with Gasteiger partial charge in [-0.2, -0.15) is 0 Å². The average molecular weight is 154 g/mol. The van der Waals surface area contributed by atoms with Gasteiger partial charge in [0.05, 0.1) is 0 Å². The van der Waals surface area contributed by atoms with Crippen molar-refractivity contribution < 1.29 is 0 Å². The Bertz CT molecular complexity index is 212. The zero-order valence-electron chi connectivity index (χ0n) is 5.37. The van der Waals surface area contributed by atoms with Crippen LogP contribution >= 0.6 is 12.4 Å². The van der Waals surface area contributed by atoms with Crippen molar-refractivity contribution in [2.75, 3.05) is 5.32 Å². The van der Waals surface area contributed by atoms with Gasteiger partial charge in [0.25, 0.3) is 0 Å². The lowest BCUT2D eigenvalue weighted by Gasteiger charge is -1.93. The van der Waals surface area contributed by atoms with Crippen LogP contribution in [0.5, 0.6) is 0 Å². The lowest BCUT2D eigenvalue weighted by atomic mass is 10.3. The molecule has 0 amide bonds. The molecule has 52 valence electrons. The minimum Gasteiger partial charge on any atom is -0.315 e. The molecule has 0 radical (unpaired) electrons. The molecule has 0 aliphatic carbocycles. The molecular weight excluding hydrogens is 146 g/mol. The summed E-state index contributed by atoms with van der Waals surface area (Å²) < 4.78 is 0. The van der Waals surface area contributed by atoms with E-state index >= 15 is 0 Å². The zero-order valence-corrected chi connectivity index (χ0v) is 6.19. The van der Waals surface area contributed by atoms with Crippen LogP contribution < -0.4 is 5.32 Å². The molecule has 0 unspecified atom stereocenters. The van der Waals surface area contributed by atoms with E-state index in [0.29, 0.717) is 0 Å². The second-order valence-electron chi connectivity index (χ2n) is 1.64. The minimum absolute atomic E-state index is 0. The summed E-state index contributed by atoms with van der Waals surface area (Å²) in [6.07, 6.45) is 5.00. The number of hydrogen-bond donors (Lipinski definition) is 1. The van der Waals surface area contributed by atoms with Crippen LogP contribution in [0.25, 0.3) is 0 Å². The summed E-state index contributed by atoms with van der Waals surface area (Å²) in [5.41, 5.74) is 0.958. The molecule has 0 aliphatic rings. The smallest absolute Gasteiger partial charge is 0.0459 e. The summed E-state index contributed by atoms with van der Waals surface area (Å²) >= 11 is 0. The molecule has 1 nitrogen and oxygen atoms in total. The van der Waals surface area contributed by atoms with Gasteiger partial charge in [-0.1, -0.05) is 24.6 Å². The fourth-order valence-electron chi connectivity index (χ4n) is 0.605. The van der Waals surface area contributed by atoms with Crippen LogP contribution in [0, 0.1) is 12.5 Å². The maximum atomic E-state index is 5.00. The number of halogens is 1. The van der Waals surface area contributed by atoms with Crippen LogP contribution in [0.15, 0.2) is 30.3 Å². The topological polar surface area (TPSA) is 12.0 Å². The average Bonchev–Trinajstić information content (AvgIpc) is 1.91. The van der Waals surface area contributed by atoms with Crippen molar-refractivity contribution in [3.8, 4) is 12.5 Å². The molecule has 1 rings (SSSR count). The molecule has 0 aromatic heterocycles. The highest BCUT2D eigenvalue weighted by Crippen LogP contribution is 2.02. The van der Waals surface area contributed by atoms with Gasteiger partial charge in [0.2, 0.25) is 0 Å². The summed E-state index contributed by atoms with van der Waals surface area (Å²) in [5.74, 6) is 0. The van der Waals surface area contributed by atoms with E-state index in [1.165, 1.54) is 0 Å². The van der Waals surface area contributed by atoms with Crippen molar-refractivity contribution in [3.63, 3.8) is 0 Å². The van der Waals surface area contributed by atoms with E-state index in [1.807, 2.05) is 30.3 Å². The van der Waals surface area contributed by atoms with Crippen molar-refractivity contribution >= 4 is 18.1 Å². The Hall–Kier alpha value is -1.13. The molecule has 1 N–H and O–H groups in total. The van der Waals surface area contributed by atoms with Crippen LogP contribution in [-0.4, -0.2) is 0 Å². The molecular formula is C8H8ClN. The summed E-state index contributed by atoms with van der Waals surface area (Å²) in [4.78, 5) is 0. The Kier molecular flexibility index (Phi) is 4.19. The van der Waals surface area contributed by atoms with Gasteiger partial charge in [0.1, 0.15) is 0 Å². The first-order valence-electron chi connectivity index (χ1n) is 2.70. The Morgan fingerprint density at radius 3 is 2.30 bits per heavy atom. The van der Waals surface area contributed by atoms with Crippen molar-refractivity contribution in [2.24, 2.45) is 0 Å². The SMILES string of the molecule is C#CNc1ccccc1.Cl. The molecule has 1 aromatic carbocycles. The highest BCUT2D eigenvalue weighted by atomic mass is 35.5. The van der Waals surface area contributed by atoms with Crippen LogP contribution in [-0.2, 0) is 0 Å². The summed E-state index contributed by atoms with van der Waals surface area (Å²) in [6, 6.07) is 12.0. The Labute approximate surface area is 66.9 Å². The number of para-hydroxylation sites is 1. The number of rotatable bonds is 1. The van der Waals surface area contributed by atoms with E-state index in [1.54, 1.807) is 0 Å². The standard InChI is InChI=1S/C8H7N.ClH/c1-2-9-8-6-4-3-5-7-8;/h1,3-7,9H;1H. The minimum atomic E-state index is 0. The van der Waals surface area contributed by atoms with Gasteiger partial charge in [-0.05, 0) is 12.1 Å². The molecule has 0 saturated heterocycles. The van der Waals surface area contributed by atoms with Crippen LogP contribution in [0.1, 0.15) is 0 Å². The van der Waals surface area contributed by atoms with Crippen molar-refractivity contribution in [3.05, 3.63) is 30.3 Å². The third kappa shape index (κ3) is 2.43. The third-order valence-electron chi connectivity index (χ3n) is 0.990. The molecule has 0 saturated carbocycles. The van der Waals surface area contributed by atoms with Crippen LogP contribution in [0.4, 0.5) is 5.69 Å². The summed E-state index contributed by atoms with van der Waals surface area (Å²) in [5, 5.41) is 2.74. The predicted octanol–water partition coefficient (Wildman–Crippen LogP) is 2.11. The number of hydrogen-bond acceptors (Lipinski definition) is 1. The quantitative estimate of drug-likeness (QED) is 0.482. The van der Waals surface area contributed by atoms with E-state index in [9.17, 15) is 0 Å². The molecule has 0 spiro atoms. The number of anilines is 1. The molecule has 0 heterocycles. The van der Waals surface area contributed by atoms with Crippen molar-refractivity contribution in [1.29, 1.82) is 0 Å². The maximum Gasteiger partial charge on any atom is 0.0459 e. The molecule has 1 aromatic rings.